The Kier molecular flexibility index (Phi) is 5.36. The molecule has 0 spiro atoms. The van der Waals surface area contributed by atoms with Crippen molar-refractivity contribution in [2.45, 2.75) is 26.8 Å². The van der Waals surface area contributed by atoms with Gasteiger partial charge in [-0.25, -0.2) is 4.79 Å². The molecule has 0 aliphatic heterocycles. The third-order valence-corrected chi connectivity index (χ3v) is 2.59. The Morgan fingerprint density at radius 2 is 1.79 bits per heavy atom. The van der Waals surface area contributed by atoms with Gasteiger partial charge in [-0.1, -0.05) is 19.9 Å². The van der Waals surface area contributed by atoms with Crippen LogP contribution in [0.4, 0.5) is 11.4 Å². The van der Waals surface area contributed by atoms with Crippen molar-refractivity contribution in [1.82, 2.24) is 0 Å². The van der Waals surface area contributed by atoms with Crippen LogP contribution in [0.2, 0.25) is 0 Å². The molecule has 19 heavy (non-hydrogen) atoms. The number of hydrogen-bond donors (Lipinski definition) is 2. The van der Waals surface area contributed by atoms with Crippen LogP contribution < -0.4 is 10.6 Å². The highest BCUT2D eigenvalue weighted by atomic mass is 16.5. The minimum Gasteiger partial charge on any atom is -0.467 e. The van der Waals surface area contributed by atoms with Crippen molar-refractivity contribution >= 4 is 23.3 Å². The Labute approximate surface area is 113 Å². The number of amides is 1. The van der Waals surface area contributed by atoms with E-state index in [1.165, 1.54) is 7.11 Å². The average Bonchev–Trinajstić information content (AvgIpc) is 2.37. The molecule has 5 heteroatoms. The van der Waals surface area contributed by atoms with Gasteiger partial charge in [0.25, 0.3) is 0 Å². The average molecular weight is 264 g/mol. The van der Waals surface area contributed by atoms with E-state index in [9.17, 15) is 9.59 Å². The zero-order valence-corrected chi connectivity index (χ0v) is 11.7. The minimum atomic E-state index is -0.443. The summed E-state index contributed by atoms with van der Waals surface area (Å²) < 4.78 is 4.64. The first kappa shape index (κ1) is 15.0. The van der Waals surface area contributed by atoms with Gasteiger partial charge in [0.15, 0.2) is 0 Å². The maximum absolute atomic E-state index is 11.6. The molecule has 0 saturated carbocycles. The quantitative estimate of drug-likeness (QED) is 0.800. The number of ether oxygens (including phenoxy) is 1. The fraction of sp³-hybridized carbons (Fsp3) is 0.429. The van der Waals surface area contributed by atoms with E-state index in [4.69, 9.17) is 0 Å². The Balaban J connectivity index is 2.72. The SMILES string of the molecule is COC(=O)C(C)Nc1cccc(NC(=O)C(C)C)c1. The Bertz CT molecular complexity index is 458. The lowest BCUT2D eigenvalue weighted by molar-refractivity contribution is -0.141. The number of esters is 1. The van der Waals surface area contributed by atoms with Crippen LogP contribution in [-0.4, -0.2) is 25.0 Å². The molecular weight excluding hydrogens is 244 g/mol. The van der Waals surface area contributed by atoms with Gasteiger partial charge >= 0.3 is 5.97 Å². The van der Waals surface area contributed by atoms with Gasteiger partial charge in [-0.2, -0.15) is 0 Å². The number of anilines is 2. The second-order valence-electron chi connectivity index (χ2n) is 4.61. The molecule has 1 aromatic carbocycles. The van der Waals surface area contributed by atoms with E-state index < -0.39 is 6.04 Å². The molecule has 0 heterocycles. The zero-order chi connectivity index (χ0) is 14.4. The summed E-state index contributed by atoms with van der Waals surface area (Å²) >= 11 is 0. The summed E-state index contributed by atoms with van der Waals surface area (Å²) in [5.74, 6) is -0.458. The monoisotopic (exact) mass is 264 g/mol. The summed E-state index contributed by atoms with van der Waals surface area (Å²) in [6, 6.07) is 6.77. The Hall–Kier alpha value is -2.04. The molecular formula is C14H20N2O3. The van der Waals surface area contributed by atoms with Crippen molar-refractivity contribution in [2.24, 2.45) is 5.92 Å². The molecule has 0 bridgehead atoms. The molecule has 0 aliphatic carbocycles. The summed E-state index contributed by atoms with van der Waals surface area (Å²) in [5, 5.41) is 5.81. The number of hydrogen-bond acceptors (Lipinski definition) is 4. The van der Waals surface area contributed by atoms with Gasteiger partial charge in [0.2, 0.25) is 5.91 Å². The fourth-order valence-electron chi connectivity index (χ4n) is 1.46. The summed E-state index contributed by atoms with van der Waals surface area (Å²) in [6.07, 6.45) is 0. The molecule has 2 N–H and O–H groups in total. The van der Waals surface area contributed by atoms with E-state index in [0.717, 1.165) is 5.69 Å². The molecule has 0 radical (unpaired) electrons. The summed E-state index contributed by atoms with van der Waals surface area (Å²) in [5.41, 5.74) is 1.44. The van der Waals surface area contributed by atoms with Gasteiger partial charge in [0.05, 0.1) is 7.11 Å². The van der Waals surface area contributed by atoms with Gasteiger partial charge in [0.1, 0.15) is 6.04 Å². The topological polar surface area (TPSA) is 67.4 Å². The number of methoxy groups -OCH3 is 1. The van der Waals surface area contributed by atoms with E-state index in [1.807, 2.05) is 26.0 Å². The molecule has 5 nitrogen and oxygen atoms in total. The molecule has 0 fully saturated rings. The molecule has 104 valence electrons. The highest BCUT2D eigenvalue weighted by Gasteiger charge is 2.13. The van der Waals surface area contributed by atoms with Gasteiger partial charge in [0, 0.05) is 17.3 Å². The van der Waals surface area contributed by atoms with Crippen molar-refractivity contribution in [3.05, 3.63) is 24.3 Å². The highest BCUT2D eigenvalue weighted by Crippen LogP contribution is 2.16. The second kappa shape index (κ2) is 6.78. The van der Waals surface area contributed by atoms with Crippen molar-refractivity contribution in [3.63, 3.8) is 0 Å². The van der Waals surface area contributed by atoms with Crippen molar-refractivity contribution < 1.29 is 14.3 Å². The number of nitrogens with one attached hydrogen (secondary N) is 2. The first-order chi connectivity index (χ1) is 8.93. The van der Waals surface area contributed by atoms with Crippen LogP contribution in [0.25, 0.3) is 0 Å². The molecule has 1 rings (SSSR count). The van der Waals surface area contributed by atoms with Gasteiger partial charge in [-0.3, -0.25) is 4.79 Å². The van der Waals surface area contributed by atoms with Crippen LogP contribution in [0.15, 0.2) is 24.3 Å². The number of carbonyl (C=O) groups is 2. The third kappa shape index (κ3) is 4.62. The van der Waals surface area contributed by atoms with Crippen LogP contribution in [0, 0.1) is 5.92 Å². The summed E-state index contributed by atoms with van der Waals surface area (Å²) in [7, 11) is 1.35. The minimum absolute atomic E-state index is 0.0434. The van der Waals surface area contributed by atoms with Crippen molar-refractivity contribution in [2.75, 3.05) is 17.7 Å². The normalized spacial score (nSPS) is 11.8. The highest BCUT2D eigenvalue weighted by molar-refractivity contribution is 5.92. The largest absolute Gasteiger partial charge is 0.467 e. The standard InChI is InChI=1S/C14H20N2O3/c1-9(2)13(17)16-12-7-5-6-11(8-12)15-10(3)14(18)19-4/h5-10,15H,1-4H3,(H,16,17). The van der Waals surface area contributed by atoms with E-state index in [0.29, 0.717) is 5.69 Å². The molecule has 0 aromatic heterocycles. The lowest BCUT2D eigenvalue weighted by Crippen LogP contribution is -2.27. The zero-order valence-electron chi connectivity index (χ0n) is 11.7. The predicted molar refractivity (Wildman–Crippen MR) is 75.0 cm³/mol. The number of carbonyl (C=O) groups excluding carboxylic acids is 2. The molecule has 1 aromatic rings. The first-order valence-electron chi connectivity index (χ1n) is 6.19. The summed E-state index contributed by atoms with van der Waals surface area (Å²) in [6.45, 7) is 5.37. The molecule has 0 saturated heterocycles. The van der Waals surface area contributed by atoms with Gasteiger partial charge in [-0.15, -0.1) is 0 Å². The maximum Gasteiger partial charge on any atom is 0.327 e. The van der Waals surface area contributed by atoms with Crippen LogP contribution in [0.5, 0.6) is 0 Å². The van der Waals surface area contributed by atoms with Gasteiger partial charge in [-0.05, 0) is 25.1 Å². The Morgan fingerprint density at radius 1 is 1.16 bits per heavy atom. The van der Waals surface area contributed by atoms with E-state index in [2.05, 4.69) is 15.4 Å². The van der Waals surface area contributed by atoms with Crippen LogP contribution in [-0.2, 0) is 14.3 Å². The fourth-order valence-corrected chi connectivity index (χ4v) is 1.46. The van der Waals surface area contributed by atoms with E-state index in [1.54, 1.807) is 19.1 Å². The van der Waals surface area contributed by atoms with Crippen LogP contribution >= 0.6 is 0 Å². The predicted octanol–water partition coefficient (Wildman–Crippen LogP) is 2.25. The maximum atomic E-state index is 11.6. The number of rotatable bonds is 5. The smallest absolute Gasteiger partial charge is 0.327 e. The second-order valence-corrected chi connectivity index (χ2v) is 4.61. The molecule has 1 atom stereocenters. The van der Waals surface area contributed by atoms with Crippen molar-refractivity contribution in [1.29, 1.82) is 0 Å². The summed E-state index contributed by atoms with van der Waals surface area (Å²) in [4.78, 5) is 22.9. The van der Waals surface area contributed by atoms with E-state index >= 15 is 0 Å². The molecule has 1 unspecified atom stereocenters. The van der Waals surface area contributed by atoms with Crippen LogP contribution in [0.3, 0.4) is 0 Å². The van der Waals surface area contributed by atoms with Gasteiger partial charge < -0.3 is 15.4 Å². The number of benzene rings is 1. The molecule has 0 aliphatic rings. The van der Waals surface area contributed by atoms with Crippen LogP contribution in [0.1, 0.15) is 20.8 Å². The Morgan fingerprint density at radius 3 is 2.37 bits per heavy atom. The van der Waals surface area contributed by atoms with Crippen molar-refractivity contribution in [3.8, 4) is 0 Å². The van der Waals surface area contributed by atoms with E-state index in [-0.39, 0.29) is 17.8 Å². The lowest BCUT2D eigenvalue weighted by Gasteiger charge is -2.14. The third-order valence-electron chi connectivity index (χ3n) is 2.59. The first-order valence-corrected chi connectivity index (χ1v) is 6.19. The molecule has 1 amide bonds. The lowest BCUT2D eigenvalue weighted by atomic mass is 10.2.